The number of carbonyl (C=O) groups is 1. The fraction of sp³-hybridized carbons (Fsp3) is 0.381. The van der Waals surface area contributed by atoms with E-state index in [0.29, 0.717) is 43.4 Å². The summed E-state index contributed by atoms with van der Waals surface area (Å²) in [5, 5.41) is 5.91. The number of halogens is 3. The molecule has 0 spiro atoms. The second kappa shape index (κ2) is 8.44. The number of rotatable bonds is 6. The molecular formula is C21H23F3N6O. The Hall–Kier alpha value is -3.30. The van der Waals surface area contributed by atoms with Gasteiger partial charge in [0.05, 0.1) is 12.1 Å². The quantitative estimate of drug-likeness (QED) is 0.680. The lowest BCUT2D eigenvalue weighted by atomic mass is 9.88. The first-order chi connectivity index (χ1) is 14.9. The Bertz CT molecular complexity index is 1010. The van der Waals surface area contributed by atoms with Crippen LogP contribution in [0.15, 0.2) is 42.5 Å². The number of nitrogens with zero attached hydrogens (tertiary/aromatic N) is 4. The van der Waals surface area contributed by atoms with Crippen molar-refractivity contribution in [2.45, 2.75) is 32.4 Å². The summed E-state index contributed by atoms with van der Waals surface area (Å²) in [6.45, 7) is 5.10. The Labute approximate surface area is 178 Å². The summed E-state index contributed by atoms with van der Waals surface area (Å²) in [6.07, 6.45) is 0.0235. The van der Waals surface area contributed by atoms with Gasteiger partial charge < -0.3 is 20.4 Å². The van der Waals surface area contributed by atoms with Crippen LogP contribution in [0.1, 0.15) is 29.3 Å². The first-order valence-electron chi connectivity index (χ1n) is 10.1. The molecule has 2 N–H and O–H groups in total. The van der Waals surface area contributed by atoms with Crippen LogP contribution in [-0.4, -0.2) is 52.5 Å². The molecule has 2 unspecified atom stereocenters. The van der Waals surface area contributed by atoms with Gasteiger partial charge >= 0.3 is 6.08 Å². The minimum absolute atomic E-state index is 0.124. The first-order valence-corrected chi connectivity index (χ1v) is 10.1. The van der Waals surface area contributed by atoms with E-state index in [1.54, 1.807) is 24.4 Å². The zero-order chi connectivity index (χ0) is 22.1. The number of hydrogen-bond donors (Lipinski definition) is 2. The van der Waals surface area contributed by atoms with Crippen LogP contribution >= 0.6 is 0 Å². The van der Waals surface area contributed by atoms with Gasteiger partial charge in [-0.1, -0.05) is 0 Å². The molecule has 2 aromatic rings. The lowest BCUT2D eigenvalue weighted by Gasteiger charge is -2.56. The first kappa shape index (κ1) is 21.0. The lowest BCUT2D eigenvalue weighted by molar-refractivity contribution is 0.00205. The second-order valence-electron chi connectivity index (χ2n) is 7.66. The SMILES string of the molecule is CCNC(=O)c1ccc(Nc2nccc(N3CC4CC(C3)N4C(F)=C(F)F)n2)cc1C. The van der Waals surface area contributed by atoms with Gasteiger partial charge in [-0.2, -0.15) is 18.2 Å². The minimum Gasteiger partial charge on any atom is -0.352 e. The number of aryl methyl sites for hydroxylation is 1. The van der Waals surface area contributed by atoms with Gasteiger partial charge in [0.2, 0.25) is 5.95 Å². The summed E-state index contributed by atoms with van der Waals surface area (Å²) in [4.78, 5) is 23.9. The molecule has 0 aliphatic carbocycles. The summed E-state index contributed by atoms with van der Waals surface area (Å²) >= 11 is 0. The Morgan fingerprint density at radius 3 is 2.58 bits per heavy atom. The molecule has 1 aromatic heterocycles. The Balaban J connectivity index is 1.45. The number of anilines is 3. The predicted octanol–water partition coefficient (Wildman–Crippen LogP) is 3.58. The van der Waals surface area contributed by atoms with Gasteiger partial charge in [-0.25, -0.2) is 4.98 Å². The van der Waals surface area contributed by atoms with Crippen molar-refractivity contribution in [1.29, 1.82) is 0 Å². The molecule has 1 amide bonds. The zero-order valence-electron chi connectivity index (χ0n) is 17.2. The Kier molecular flexibility index (Phi) is 5.71. The van der Waals surface area contributed by atoms with E-state index < -0.39 is 12.0 Å². The van der Waals surface area contributed by atoms with E-state index in [0.717, 1.165) is 16.2 Å². The summed E-state index contributed by atoms with van der Waals surface area (Å²) in [6, 6.07) is 6.51. The van der Waals surface area contributed by atoms with E-state index in [2.05, 4.69) is 20.6 Å². The van der Waals surface area contributed by atoms with Gasteiger partial charge in [0, 0.05) is 37.1 Å². The molecule has 3 aliphatic rings. The van der Waals surface area contributed by atoms with E-state index in [-0.39, 0.29) is 18.0 Å². The van der Waals surface area contributed by atoms with Crippen LogP contribution < -0.4 is 15.5 Å². The van der Waals surface area contributed by atoms with Gasteiger partial charge in [-0.3, -0.25) is 4.79 Å². The average Bonchev–Trinajstić information content (AvgIpc) is 2.74. The Morgan fingerprint density at radius 2 is 1.94 bits per heavy atom. The topological polar surface area (TPSA) is 73.4 Å². The molecule has 2 atom stereocenters. The minimum atomic E-state index is -2.27. The van der Waals surface area contributed by atoms with Crippen LogP contribution in [0.3, 0.4) is 0 Å². The number of nitrogens with one attached hydrogen (secondary N) is 2. The summed E-state index contributed by atoms with van der Waals surface area (Å²) in [7, 11) is 0. The molecule has 3 saturated heterocycles. The number of benzene rings is 1. The molecule has 4 heterocycles. The van der Waals surface area contributed by atoms with Crippen molar-refractivity contribution in [1.82, 2.24) is 20.2 Å². The van der Waals surface area contributed by atoms with Gasteiger partial charge in [0.1, 0.15) is 5.82 Å². The summed E-state index contributed by atoms with van der Waals surface area (Å²) < 4.78 is 38.9. The molecule has 3 aliphatic heterocycles. The number of amides is 1. The van der Waals surface area contributed by atoms with Gasteiger partial charge in [-0.15, -0.1) is 0 Å². The maximum Gasteiger partial charge on any atom is 0.322 e. The second-order valence-corrected chi connectivity index (χ2v) is 7.66. The highest BCUT2D eigenvalue weighted by molar-refractivity contribution is 5.96. The van der Waals surface area contributed by atoms with Gasteiger partial charge in [0.15, 0.2) is 0 Å². The third-order valence-electron chi connectivity index (χ3n) is 5.61. The predicted molar refractivity (Wildman–Crippen MR) is 111 cm³/mol. The van der Waals surface area contributed by atoms with Crippen molar-refractivity contribution in [2.24, 2.45) is 0 Å². The number of aromatic nitrogens is 2. The Morgan fingerprint density at radius 1 is 1.19 bits per heavy atom. The zero-order valence-corrected chi connectivity index (χ0v) is 17.2. The van der Waals surface area contributed by atoms with Crippen LogP contribution in [0.2, 0.25) is 0 Å². The van der Waals surface area contributed by atoms with Crippen molar-refractivity contribution < 1.29 is 18.0 Å². The van der Waals surface area contributed by atoms with Gasteiger partial charge in [0.25, 0.3) is 11.9 Å². The van der Waals surface area contributed by atoms with Crippen LogP contribution in [0.25, 0.3) is 0 Å². The van der Waals surface area contributed by atoms with Crippen LogP contribution in [0.5, 0.6) is 0 Å². The van der Waals surface area contributed by atoms with E-state index in [1.807, 2.05) is 24.8 Å². The maximum atomic E-state index is 13.7. The highest BCUT2D eigenvalue weighted by Gasteiger charge is 2.47. The van der Waals surface area contributed by atoms with Gasteiger partial charge in [-0.05, 0) is 50.1 Å². The lowest BCUT2D eigenvalue weighted by Crippen LogP contribution is -2.68. The molecule has 7 nitrogen and oxygen atoms in total. The molecule has 164 valence electrons. The van der Waals surface area contributed by atoms with Crippen molar-refractivity contribution >= 4 is 23.4 Å². The van der Waals surface area contributed by atoms with Crippen molar-refractivity contribution in [3.05, 3.63) is 53.6 Å². The number of hydrogen-bond acceptors (Lipinski definition) is 6. The number of fused-ring (bicyclic) bond motifs is 2. The summed E-state index contributed by atoms with van der Waals surface area (Å²) in [5.41, 5.74) is 2.16. The van der Waals surface area contributed by atoms with E-state index in [4.69, 9.17) is 0 Å². The highest BCUT2D eigenvalue weighted by Crippen LogP contribution is 2.38. The monoisotopic (exact) mass is 432 g/mol. The number of piperidine rings is 1. The molecule has 1 aromatic carbocycles. The number of carbonyl (C=O) groups excluding carboxylic acids is 1. The molecule has 5 rings (SSSR count). The number of piperazine rings is 1. The normalized spacial score (nSPS) is 19.5. The van der Waals surface area contributed by atoms with Crippen molar-refractivity contribution in [2.75, 3.05) is 29.9 Å². The molecule has 31 heavy (non-hydrogen) atoms. The van der Waals surface area contributed by atoms with E-state index >= 15 is 0 Å². The largest absolute Gasteiger partial charge is 0.352 e. The third-order valence-corrected chi connectivity index (χ3v) is 5.61. The van der Waals surface area contributed by atoms with Crippen molar-refractivity contribution in [3.63, 3.8) is 0 Å². The van der Waals surface area contributed by atoms with Crippen LogP contribution in [0.4, 0.5) is 30.6 Å². The smallest absolute Gasteiger partial charge is 0.322 e. The molecular weight excluding hydrogens is 409 g/mol. The molecule has 0 saturated carbocycles. The van der Waals surface area contributed by atoms with Crippen LogP contribution in [-0.2, 0) is 0 Å². The third kappa shape index (κ3) is 4.14. The average molecular weight is 432 g/mol. The summed E-state index contributed by atoms with van der Waals surface area (Å²) in [5.74, 6) is -0.522. The standard InChI is InChI=1S/C21H23F3N6O/c1-3-25-20(31)16-5-4-13(8-12(16)2)27-21-26-7-6-17(28-21)29-10-14-9-15(11-29)30(14)19(24)18(22)23/h4-8,14-15H,3,9-11H2,1-2H3,(H,25,31)(H,26,27,28). The molecule has 2 bridgehead atoms. The highest BCUT2D eigenvalue weighted by atomic mass is 19.3. The maximum absolute atomic E-state index is 13.7. The van der Waals surface area contributed by atoms with E-state index in [9.17, 15) is 18.0 Å². The molecule has 10 heteroatoms. The molecule has 3 fully saturated rings. The fourth-order valence-corrected chi connectivity index (χ4v) is 4.18. The van der Waals surface area contributed by atoms with Crippen molar-refractivity contribution in [3.8, 4) is 0 Å². The molecule has 0 radical (unpaired) electrons. The fourth-order valence-electron chi connectivity index (χ4n) is 4.18. The van der Waals surface area contributed by atoms with Crippen LogP contribution in [0, 0.1) is 6.92 Å². The van der Waals surface area contributed by atoms with E-state index in [1.165, 1.54) is 0 Å².